The van der Waals surface area contributed by atoms with Gasteiger partial charge in [-0.05, 0) is 37.6 Å². The van der Waals surface area contributed by atoms with Crippen molar-refractivity contribution >= 4 is 15.7 Å². The van der Waals surface area contributed by atoms with Gasteiger partial charge in [-0.15, -0.1) is 6.58 Å². The Morgan fingerprint density at radius 3 is 2.38 bits per heavy atom. The summed E-state index contributed by atoms with van der Waals surface area (Å²) < 4.78 is 111. The molecule has 0 amide bonds. The summed E-state index contributed by atoms with van der Waals surface area (Å²) in [5.74, 6) is -0.233. The van der Waals surface area contributed by atoms with Gasteiger partial charge in [0.25, 0.3) is 10.0 Å². The molecule has 12 heteroatoms. The van der Waals surface area contributed by atoms with Crippen molar-refractivity contribution < 1.29 is 39.5 Å². The maximum atomic E-state index is 13.7. The quantitative estimate of drug-likeness (QED) is 0.185. The summed E-state index contributed by atoms with van der Waals surface area (Å²) >= 11 is 0. The molecule has 5 nitrogen and oxygen atoms in total. The lowest BCUT2D eigenvalue weighted by molar-refractivity contribution is -0.139. The van der Waals surface area contributed by atoms with Crippen LogP contribution in [0, 0.1) is 6.92 Å². The van der Waals surface area contributed by atoms with Crippen LogP contribution in [-0.4, -0.2) is 26.9 Å². The minimum atomic E-state index is -5.16. The van der Waals surface area contributed by atoms with Gasteiger partial charge in [0.05, 0.1) is 12.2 Å². The van der Waals surface area contributed by atoms with E-state index >= 15 is 0 Å². The number of rotatable bonds is 8. The molecule has 0 aliphatic rings. The number of aryl methyl sites for hydroxylation is 1. The monoisotopic (exact) mass is 480 g/mol. The van der Waals surface area contributed by atoms with Crippen LogP contribution in [0.15, 0.2) is 65.1 Å². The van der Waals surface area contributed by atoms with Crippen molar-refractivity contribution in [3.8, 4) is 5.75 Å². The van der Waals surface area contributed by atoms with E-state index in [2.05, 4.69) is 11.7 Å². The normalized spacial score (nSPS) is 13.0. The number of nitrogens with one attached hydrogen (secondary N) is 1. The molecule has 32 heavy (non-hydrogen) atoms. The highest BCUT2D eigenvalue weighted by molar-refractivity contribution is 7.89. The topological polar surface area (TPSA) is 67.8 Å². The average Bonchev–Trinajstić information content (AvgIpc) is 2.68. The van der Waals surface area contributed by atoms with Crippen LogP contribution in [0.5, 0.6) is 5.75 Å². The summed E-state index contributed by atoms with van der Waals surface area (Å²) in [4.78, 5) is 0.0156. The van der Waals surface area contributed by atoms with Crippen molar-refractivity contribution in [3.05, 3.63) is 71.8 Å². The fourth-order valence-electron chi connectivity index (χ4n) is 2.57. The fourth-order valence-corrected chi connectivity index (χ4v) is 3.61. The number of hydrogen-bond acceptors (Lipinski definition) is 4. The zero-order valence-electron chi connectivity index (χ0n) is 16.6. The molecule has 0 unspecified atom stereocenters. The Morgan fingerprint density at radius 2 is 1.78 bits per heavy atom. The Kier molecular flexibility index (Phi) is 7.60. The molecule has 0 saturated heterocycles. The van der Waals surface area contributed by atoms with Gasteiger partial charge in [-0.1, -0.05) is 29.8 Å². The molecule has 0 saturated carbocycles. The van der Waals surface area contributed by atoms with Crippen LogP contribution >= 0.6 is 0 Å². The van der Waals surface area contributed by atoms with E-state index in [1.165, 1.54) is 30.0 Å². The smallest absolute Gasteiger partial charge is 0.435 e. The number of alkyl halides is 6. The van der Waals surface area contributed by atoms with Gasteiger partial charge < -0.3 is 4.74 Å². The van der Waals surface area contributed by atoms with Gasteiger partial charge in [-0.25, -0.2) is 0 Å². The van der Waals surface area contributed by atoms with Crippen LogP contribution in [0.1, 0.15) is 23.1 Å². The summed E-state index contributed by atoms with van der Waals surface area (Å²) in [7, 11) is -5.09. The number of nitrogens with zero attached hydrogens (tertiary/aromatic N) is 1. The SMILES string of the molecule is C=CCCOc1ccc(C)cc1/C(=N\NS(=O)(=O)c1ccccc1C(F)(F)F)C(F)(F)F. The molecule has 0 aliphatic carbocycles. The molecule has 2 aromatic rings. The number of hydrogen-bond donors (Lipinski definition) is 1. The molecule has 0 aromatic heterocycles. The zero-order chi connectivity index (χ0) is 24.2. The first-order valence-electron chi connectivity index (χ1n) is 8.95. The van der Waals surface area contributed by atoms with Gasteiger partial charge >= 0.3 is 12.4 Å². The largest absolute Gasteiger partial charge is 0.493 e. The molecule has 0 fully saturated rings. The molecular formula is C20H18F6N2O3S. The Balaban J connectivity index is 2.55. The zero-order valence-corrected chi connectivity index (χ0v) is 17.4. The highest BCUT2D eigenvalue weighted by Crippen LogP contribution is 2.34. The first-order valence-corrected chi connectivity index (χ1v) is 10.4. The maximum absolute atomic E-state index is 13.7. The van der Waals surface area contributed by atoms with Crippen LogP contribution in [0.3, 0.4) is 0 Å². The summed E-state index contributed by atoms with van der Waals surface area (Å²) in [6.07, 6.45) is -8.40. The third-order valence-electron chi connectivity index (χ3n) is 4.00. The fraction of sp³-hybridized carbons (Fsp3) is 0.250. The van der Waals surface area contributed by atoms with Crippen molar-refractivity contribution in [3.63, 3.8) is 0 Å². The van der Waals surface area contributed by atoms with Crippen LogP contribution in [0.25, 0.3) is 0 Å². The third-order valence-corrected chi connectivity index (χ3v) is 5.26. The molecule has 0 bridgehead atoms. The van der Waals surface area contributed by atoms with Gasteiger partial charge in [0, 0.05) is 5.56 Å². The third kappa shape index (κ3) is 6.25. The van der Waals surface area contributed by atoms with Crippen molar-refractivity contribution in [1.82, 2.24) is 4.83 Å². The Hall–Kier alpha value is -3.02. The highest BCUT2D eigenvalue weighted by atomic mass is 32.2. The standard InChI is InChI=1S/C20H18F6N2O3S/c1-3-4-11-31-16-10-9-13(2)12-14(16)18(20(24,25)26)27-28-32(29,30)17-8-6-5-7-15(17)19(21,22)23/h3,5-10,12,28H,1,4,11H2,2H3/b27-18+. The lowest BCUT2D eigenvalue weighted by atomic mass is 10.1. The first-order chi connectivity index (χ1) is 14.8. The van der Waals surface area contributed by atoms with Gasteiger partial charge in [0.2, 0.25) is 0 Å². The number of sulfonamides is 1. The average molecular weight is 480 g/mol. The molecule has 0 spiro atoms. The minimum Gasteiger partial charge on any atom is -0.493 e. The van der Waals surface area contributed by atoms with E-state index in [-0.39, 0.29) is 12.4 Å². The van der Waals surface area contributed by atoms with E-state index in [1.54, 1.807) is 0 Å². The van der Waals surface area contributed by atoms with Crippen LogP contribution in [-0.2, 0) is 16.2 Å². The molecule has 174 valence electrons. The van der Waals surface area contributed by atoms with Gasteiger partial charge in [0.15, 0.2) is 5.71 Å². The summed E-state index contributed by atoms with van der Waals surface area (Å²) in [5.41, 5.74) is -3.41. The number of ether oxygens (including phenoxy) is 1. The van der Waals surface area contributed by atoms with Gasteiger partial charge in [-0.3, -0.25) is 0 Å². The Bertz CT molecular complexity index is 1110. The molecule has 1 N–H and O–H groups in total. The van der Waals surface area contributed by atoms with E-state index < -0.39 is 44.1 Å². The van der Waals surface area contributed by atoms with Crippen molar-refractivity contribution in [1.29, 1.82) is 0 Å². The molecule has 0 aliphatic heterocycles. The number of benzene rings is 2. The lowest BCUT2D eigenvalue weighted by Crippen LogP contribution is -2.30. The van der Waals surface area contributed by atoms with E-state index in [1.807, 2.05) is 0 Å². The van der Waals surface area contributed by atoms with Crippen molar-refractivity contribution in [2.45, 2.75) is 30.6 Å². The first kappa shape index (κ1) is 25.2. The van der Waals surface area contributed by atoms with Crippen LogP contribution < -0.4 is 9.57 Å². The van der Waals surface area contributed by atoms with Crippen LogP contribution in [0.4, 0.5) is 26.3 Å². The van der Waals surface area contributed by atoms with Crippen molar-refractivity contribution in [2.24, 2.45) is 5.10 Å². The number of hydrazone groups is 1. The van der Waals surface area contributed by atoms with Crippen LogP contribution in [0.2, 0.25) is 0 Å². The molecular weight excluding hydrogens is 462 g/mol. The van der Waals surface area contributed by atoms with Gasteiger partial charge in [-0.2, -0.15) is 44.7 Å². The van der Waals surface area contributed by atoms with Crippen molar-refractivity contribution in [2.75, 3.05) is 6.61 Å². The van der Waals surface area contributed by atoms with E-state index in [4.69, 9.17) is 4.74 Å². The molecule has 2 rings (SSSR count). The molecule has 0 heterocycles. The van der Waals surface area contributed by atoms with E-state index in [0.29, 0.717) is 24.1 Å². The van der Waals surface area contributed by atoms with Gasteiger partial charge in [0.1, 0.15) is 10.6 Å². The highest BCUT2D eigenvalue weighted by Gasteiger charge is 2.40. The molecule has 0 atom stereocenters. The summed E-state index contributed by atoms with van der Waals surface area (Å²) in [5, 5.41) is 2.95. The molecule has 0 radical (unpaired) electrons. The maximum Gasteiger partial charge on any atom is 0.435 e. The minimum absolute atomic E-state index is 0.00458. The Morgan fingerprint density at radius 1 is 1.12 bits per heavy atom. The Labute approximate surface area is 180 Å². The summed E-state index contributed by atoms with van der Waals surface area (Å²) in [6, 6.07) is 6.87. The predicted octanol–water partition coefficient (Wildman–Crippen LogP) is 5.21. The predicted molar refractivity (Wildman–Crippen MR) is 106 cm³/mol. The summed E-state index contributed by atoms with van der Waals surface area (Å²) in [6.45, 7) is 4.96. The second kappa shape index (κ2) is 9.63. The lowest BCUT2D eigenvalue weighted by Gasteiger charge is -2.17. The molecule has 2 aromatic carbocycles. The second-order valence-electron chi connectivity index (χ2n) is 6.47. The van der Waals surface area contributed by atoms with E-state index in [9.17, 15) is 34.8 Å². The second-order valence-corrected chi connectivity index (χ2v) is 8.10. The van der Waals surface area contributed by atoms with E-state index in [0.717, 1.165) is 18.2 Å². The number of halogens is 6.